The monoisotopic (exact) mass is 311 g/mol. The number of aromatic nitrogens is 2. The van der Waals surface area contributed by atoms with Crippen molar-refractivity contribution in [2.75, 3.05) is 0 Å². The minimum absolute atomic E-state index is 0.397. The number of thiazole rings is 1. The van der Waals surface area contributed by atoms with Crippen LogP contribution < -0.4 is 5.73 Å². The van der Waals surface area contributed by atoms with E-state index in [4.69, 9.17) is 5.73 Å². The number of rotatable bonds is 3. The highest BCUT2D eigenvalue weighted by Crippen LogP contribution is 2.30. The van der Waals surface area contributed by atoms with Gasteiger partial charge in [0.15, 0.2) is 0 Å². The zero-order valence-electron chi connectivity index (χ0n) is 9.77. The van der Waals surface area contributed by atoms with E-state index in [-0.39, 0.29) is 0 Å². The Hall–Kier alpha value is -0.780. The first-order valence-electron chi connectivity index (χ1n) is 5.43. The summed E-state index contributed by atoms with van der Waals surface area (Å²) in [7, 11) is 0. The molecule has 0 saturated carbocycles. The van der Waals surface area contributed by atoms with Crippen molar-refractivity contribution in [2.45, 2.75) is 26.3 Å². The predicted octanol–water partition coefficient (Wildman–Crippen LogP) is 3.55. The van der Waals surface area contributed by atoms with Crippen LogP contribution in [0.3, 0.4) is 0 Å². The van der Waals surface area contributed by atoms with E-state index in [0.29, 0.717) is 12.5 Å². The summed E-state index contributed by atoms with van der Waals surface area (Å²) in [6.07, 6.45) is 1.79. The molecule has 0 aromatic carbocycles. The topological polar surface area (TPSA) is 51.8 Å². The molecule has 2 N–H and O–H groups in total. The van der Waals surface area contributed by atoms with Crippen LogP contribution in [0.2, 0.25) is 0 Å². The van der Waals surface area contributed by atoms with Crippen molar-refractivity contribution in [3.05, 3.63) is 33.4 Å². The Bertz CT molecular complexity index is 505. The molecule has 2 aromatic heterocycles. The summed E-state index contributed by atoms with van der Waals surface area (Å²) in [6, 6.07) is 3.94. The van der Waals surface area contributed by atoms with Gasteiger partial charge in [-0.05, 0) is 34.0 Å². The second-order valence-corrected chi connectivity index (χ2v) is 6.05. The molecule has 2 rings (SSSR count). The maximum absolute atomic E-state index is 5.75. The number of nitrogens with two attached hydrogens (primary N) is 1. The third kappa shape index (κ3) is 2.73. The molecule has 0 saturated heterocycles. The second kappa shape index (κ2) is 5.25. The highest BCUT2D eigenvalue weighted by Gasteiger charge is 2.14. The lowest BCUT2D eigenvalue weighted by Gasteiger charge is -2.01. The molecule has 0 aliphatic rings. The number of nitrogens with zero attached hydrogens (tertiary/aromatic N) is 2. The highest BCUT2D eigenvalue weighted by molar-refractivity contribution is 9.10. The first kappa shape index (κ1) is 12.7. The summed E-state index contributed by atoms with van der Waals surface area (Å²) in [5.74, 6) is 0.397. The van der Waals surface area contributed by atoms with E-state index in [1.807, 2.05) is 12.1 Å². The zero-order valence-corrected chi connectivity index (χ0v) is 12.2. The average molecular weight is 312 g/mol. The fourth-order valence-electron chi connectivity index (χ4n) is 1.57. The Kier molecular flexibility index (Phi) is 3.91. The second-order valence-electron chi connectivity index (χ2n) is 4.05. The number of hydrogen-bond donors (Lipinski definition) is 1. The van der Waals surface area contributed by atoms with Crippen LogP contribution in [0.25, 0.3) is 10.7 Å². The van der Waals surface area contributed by atoms with Gasteiger partial charge in [-0.2, -0.15) is 0 Å². The molecule has 3 nitrogen and oxygen atoms in total. The van der Waals surface area contributed by atoms with Crippen molar-refractivity contribution in [3.63, 3.8) is 0 Å². The van der Waals surface area contributed by atoms with Gasteiger partial charge in [-0.3, -0.25) is 4.98 Å². The molecule has 0 bridgehead atoms. The summed E-state index contributed by atoms with van der Waals surface area (Å²) in [5, 5.41) is 0.946. The summed E-state index contributed by atoms with van der Waals surface area (Å²) in [5.41, 5.74) is 7.74. The van der Waals surface area contributed by atoms with E-state index in [1.165, 1.54) is 0 Å². The van der Waals surface area contributed by atoms with Gasteiger partial charge >= 0.3 is 0 Å². The van der Waals surface area contributed by atoms with Crippen molar-refractivity contribution in [2.24, 2.45) is 5.73 Å². The standard InChI is InChI=1S/C12H14BrN3S/c1-7(2)11-10(5-14)17-12(16-11)9-4-3-8(13)6-15-9/h3-4,6-7H,5,14H2,1-2H3. The summed E-state index contributed by atoms with van der Waals surface area (Å²) in [6.45, 7) is 4.81. The van der Waals surface area contributed by atoms with Crippen LogP contribution in [0.5, 0.6) is 0 Å². The minimum atomic E-state index is 0.397. The van der Waals surface area contributed by atoms with Crippen LogP contribution in [0, 0.1) is 0 Å². The van der Waals surface area contributed by atoms with Crippen molar-refractivity contribution in [1.82, 2.24) is 9.97 Å². The first-order chi connectivity index (χ1) is 8.11. The van der Waals surface area contributed by atoms with Crippen molar-refractivity contribution < 1.29 is 0 Å². The van der Waals surface area contributed by atoms with Gasteiger partial charge < -0.3 is 5.73 Å². The Balaban J connectivity index is 2.42. The fourth-order valence-corrected chi connectivity index (χ4v) is 2.88. The maximum Gasteiger partial charge on any atom is 0.142 e. The van der Waals surface area contributed by atoms with Crippen LogP contribution >= 0.6 is 27.3 Å². The van der Waals surface area contributed by atoms with Gasteiger partial charge in [0.05, 0.1) is 11.4 Å². The SMILES string of the molecule is CC(C)c1nc(-c2ccc(Br)cn2)sc1CN. The molecule has 0 amide bonds. The average Bonchev–Trinajstić information content (AvgIpc) is 2.74. The highest BCUT2D eigenvalue weighted by atomic mass is 79.9. The molecule has 0 fully saturated rings. The molecular formula is C12H14BrN3S. The molecular weight excluding hydrogens is 298 g/mol. The largest absolute Gasteiger partial charge is 0.326 e. The van der Waals surface area contributed by atoms with Gasteiger partial charge in [-0.25, -0.2) is 4.98 Å². The molecule has 0 atom stereocenters. The van der Waals surface area contributed by atoms with E-state index in [1.54, 1.807) is 17.5 Å². The Morgan fingerprint density at radius 2 is 2.18 bits per heavy atom. The van der Waals surface area contributed by atoms with Crippen LogP contribution in [-0.4, -0.2) is 9.97 Å². The number of hydrogen-bond acceptors (Lipinski definition) is 4. The molecule has 0 unspecified atom stereocenters. The molecule has 2 heterocycles. The van der Waals surface area contributed by atoms with Gasteiger partial charge in [0.25, 0.3) is 0 Å². The van der Waals surface area contributed by atoms with Crippen LogP contribution in [0.15, 0.2) is 22.8 Å². The summed E-state index contributed by atoms with van der Waals surface area (Å²) < 4.78 is 0.973. The summed E-state index contributed by atoms with van der Waals surface area (Å²) in [4.78, 5) is 10.2. The van der Waals surface area contributed by atoms with Crippen molar-refractivity contribution >= 4 is 27.3 Å². The molecule has 2 aromatic rings. The van der Waals surface area contributed by atoms with Gasteiger partial charge in [0, 0.05) is 22.1 Å². The smallest absolute Gasteiger partial charge is 0.142 e. The normalized spacial score (nSPS) is 11.1. The summed E-state index contributed by atoms with van der Waals surface area (Å²) >= 11 is 5.01. The van der Waals surface area contributed by atoms with E-state index in [9.17, 15) is 0 Å². The lowest BCUT2D eigenvalue weighted by atomic mass is 10.1. The molecule has 0 aliphatic heterocycles. The Morgan fingerprint density at radius 3 is 2.65 bits per heavy atom. The number of halogens is 1. The number of pyridine rings is 1. The lowest BCUT2D eigenvalue weighted by Crippen LogP contribution is -1.99. The van der Waals surface area contributed by atoms with Crippen LogP contribution in [-0.2, 0) is 6.54 Å². The van der Waals surface area contributed by atoms with Gasteiger partial charge in [0.1, 0.15) is 5.01 Å². The Morgan fingerprint density at radius 1 is 1.41 bits per heavy atom. The minimum Gasteiger partial charge on any atom is -0.326 e. The molecule has 0 aliphatic carbocycles. The van der Waals surface area contributed by atoms with Gasteiger partial charge in [-0.15, -0.1) is 11.3 Å². The molecule has 0 radical (unpaired) electrons. The van der Waals surface area contributed by atoms with Gasteiger partial charge in [-0.1, -0.05) is 13.8 Å². The molecule has 0 spiro atoms. The van der Waals surface area contributed by atoms with E-state index < -0.39 is 0 Å². The quantitative estimate of drug-likeness (QED) is 0.943. The molecule has 5 heteroatoms. The van der Waals surface area contributed by atoms with Gasteiger partial charge in [0.2, 0.25) is 0 Å². The van der Waals surface area contributed by atoms with E-state index in [2.05, 4.69) is 39.7 Å². The van der Waals surface area contributed by atoms with Crippen LogP contribution in [0.1, 0.15) is 30.3 Å². The molecule has 17 heavy (non-hydrogen) atoms. The molecule has 90 valence electrons. The van der Waals surface area contributed by atoms with E-state index in [0.717, 1.165) is 25.7 Å². The van der Waals surface area contributed by atoms with Crippen molar-refractivity contribution in [3.8, 4) is 10.7 Å². The third-order valence-corrected chi connectivity index (χ3v) is 3.99. The fraction of sp³-hybridized carbons (Fsp3) is 0.333. The maximum atomic E-state index is 5.75. The first-order valence-corrected chi connectivity index (χ1v) is 7.04. The zero-order chi connectivity index (χ0) is 12.4. The lowest BCUT2D eigenvalue weighted by molar-refractivity contribution is 0.813. The van der Waals surface area contributed by atoms with Crippen LogP contribution in [0.4, 0.5) is 0 Å². The predicted molar refractivity (Wildman–Crippen MR) is 75.0 cm³/mol. The third-order valence-electron chi connectivity index (χ3n) is 2.41. The van der Waals surface area contributed by atoms with Crippen molar-refractivity contribution in [1.29, 1.82) is 0 Å². The Labute approximate surface area is 113 Å². The van der Waals surface area contributed by atoms with E-state index >= 15 is 0 Å².